The molecule has 0 radical (unpaired) electrons. The van der Waals surface area contributed by atoms with Crippen LogP contribution in [0.4, 0.5) is 5.69 Å². The van der Waals surface area contributed by atoms with Crippen LogP contribution in [0.15, 0.2) is 18.2 Å². The molecular weight excluding hydrogens is 242 g/mol. The Labute approximate surface area is 105 Å². The Bertz CT molecular complexity index is 447. The number of hydrogen-bond acceptors (Lipinski definition) is 3. The van der Waals surface area contributed by atoms with Crippen LogP contribution in [-0.4, -0.2) is 30.0 Å². The van der Waals surface area contributed by atoms with E-state index in [1.807, 2.05) is 0 Å². The molecule has 2 unspecified atom stereocenters. The zero-order valence-electron chi connectivity index (χ0n) is 9.68. The molecule has 4 nitrogen and oxygen atoms in total. The van der Waals surface area contributed by atoms with Crippen LogP contribution >= 0.6 is 11.6 Å². The number of carbonyl (C=O) groups excluding carboxylic acids is 1. The summed E-state index contributed by atoms with van der Waals surface area (Å²) in [5.41, 5.74) is 1.34. The number of carbonyl (C=O) groups is 1. The van der Waals surface area contributed by atoms with E-state index >= 15 is 0 Å². The van der Waals surface area contributed by atoms with E-state index in [4.69, 9.17) is 16.3 Å². The molecular formula is C12H14ClNO3. The molecule has 1 aromatic carbocycles. The summed E-state index contributed by atoms with van der Waals surface area (Å²) in [5.74, 6) is 0.535. The maximum atomic E-state index is 11.5. The Morgan fingerprint density at radius 2 is 2.24 bits per heavy atom. The number of likely N-dealkylation sites (N-methyl/N-ethyl adjacent to an activating group) is 1. The Hall–Kier alpha value is -1.26. The number of alkyl halides is 1. The highest BCUT2D eigenvalue weighted by atomic mass is 35.5. The number of fused-ring (bicyclic) bond motifs is 1. The van der Waals surface area contributed by atoms with Crippen LogP contribution in [0.1, 0.15) is 18.6 Å². The van der Waals surface area contributed by atoms with Gasteiger partial charge in [0.15, 0.2) is 6.61 Å². The van der Waals surface area contributed by atoms with Crippen LogP contribution in [-0.2, 0) is 4.79 Å². The molecule has 0 saturated heterocycles. The van der Waals surface area contributed by atoms with E-state index in [0.717, 1.165) is 0 Å². The Balaban J connectivity index is 2.39. The predicted octanol–water partition coefficient (Wildman–Crippen LogP) is 1.70. The number of nitrogens with zero attached hydrogens (tertiary/aromatic N) is 1. The monoisotopic (exact) mass is 255 g/mol. The molecule has 5 heteroatoms. The fourth-order valence-electron chi connectivity index (χ4n) is 1.74. The Kier molecular flexibility index (Phi) is 3.26. The molecule has 0 bridgehead atoms. The van der Waals surface area contributed by atoms with E-state index < -0.39 is 11.5 Å². The zero-order chi connectivity index (χ0) is 12.6. The second-order valence-electron chi connectivity index (χ2n) is 4.09. The van der Waals surface area contributed by atoms with Crippen molar-refractivity contribution in [2.45, 2.75) is 18.4 Å². The highest BCUT2D eigenvalue weighted by Gasteiger charge is 2.24. The van der Waals surface area contributed by atoms with E-state index in [2.05, 4.69) is 0 Å². The molecule has 0 aliphatic carbocycles. The largest absolute Gasteiger partial charge is 0.482 e. The van der Waals surface area contributed by atoms with Crippen LogP contribution in [0.5, 0.6) is 5.75 Å². The highest BCUT2D eigenvalue weighted by Crippen LogP contribution is 2.34. The van der Waals surface area contributed by atoms with Gasteiger partial charge in [-0.1, -0.05) is 6.07 Å². The molecule has 0 fully saturated rings. The van der Waals surface area contributed by atoms with Gasteiger partial charge in [-0.25, -0.2) is 0 Å². The van der Waals surface area contributed by atoms with Crippen molar-refractivity contribution in [1.82, 2.24) is 0 Å². The number of ether oxygens (including phenoxy) is 1. The molecule has 92 valence electrons. The summed E-state index contributed by atoms with van der Waals surface area (Å²) >= 11 is 5.85. The lowest BCUT2D eigenvalue weighted by atomic mass is 10.0. The van der Waals surface area contributed by atoms with Crippen LogP contribution in [0.2, 0.25) is 0 Å². The average molecular weight is 256 g/mol. The summed E-state index contributed by atoms with van der Waals surface area (Å²) in [5, 5.41) is 9.49. The van der Waals surface area contributed by atoms with Gasteiger partial charge in [0.05, 0.1) is 17.2 Å². The van der Waals surface area contributed by atoms with Crippen molar-refractivity contribution in [3.05, 3.63) is 23.8 Å². The maximum Gasteiger partial charge on any atom is 0.264 e. The van der Waals surface area contributed by atoms with Crippen molar-refractivity contribution in [3.8, 4) is 5.75 Å². The molecule has 1 aliphatic rings. The minimum atomic E-state index is -0.757. The molecule has 0 spiro atoms. The molecule has 1 aliphatic heterocycles. The highest BCUT2D eigenvalue weighted by molar-refractivity contribution is 6.20. The first kappa shape index (κ1) is 12.2. The quantitative estimate of drug-likeness (QED) is 0.819. The van der Waals surface area contributed by atoms with E-state index in [1.54, 1.807) is 32.2 Å². The third-order valence-corrected chi connectivity index (χ3v) is 3.08. The zero-order valence-corrected chi connectivity index (χ0v) is 10.4. The van der Waals surface area contributed by atoms with Crippen molar-refractivity contribution < 1.29 is 14.6 Å². The summed E-state index contributed by atoms with van der Waals surface area (Å²) in [6, 6.07) is 5.23. The number of benzene rings is 1. The first-order valence-electron chi connectivity index (χ1n) is 5.36. The number of rotatable bonds is 2. The predicted molar refractivity (Wildman–Crippen MR) is 65.6 cm³/mol. The van der Waals surface area contributed by atoms with Gasteiger partial charge in [-0.3, -0.25) is 4.79 Å². The molecule has 1 amide bonds. The lowest BCUT2D eigenvalue weighted by Crippen LogP contribution is -2.35. The third-order valence-electron chi connectivity index (χ3n) is 2.85. The van der Waals surface area contributed by atoms with E-state index in [9.17, 15) is 9.90 Å². The lowest BCUT2D eigenvalue weighted by Gasteiger charge is -2.27. The van der Waals surface area contributed by atoms with Crippen LogP contribution in [0.25, 0.3) is 0 Å². The SMILES string of the molecule is CC(Cl)C(O)c1ccc2c(c1)N(C)C(=O)CO2. The summed E-state index contributed by atoms with van der Waals surface area (Å²) in [6.45, 7) is 1.77. The van der Waals surface area contributed by atoms with Crippen LogP contribution in [0, 0.1) is 0 Å². The van der Waals surface area contributed by atoms with Crippen molar-refractivity contribution in [1.29, 1.82) is 0 Å². The smallest absolute Gasteiger partial charge is 0.264 e. The minimum Gasteiger partial charge on any atom is -0.482 e. The number of aliphatic hydroxyl groups excluding tert-OH is 1. The van der Waals surface area contributed by atoms with E-state index in [0.29, 0.717) is 17.0 Å². The fraction of sp³-hybridized carbons (Fsp3) is 0.417. The third kappa shape index (κ3) is 2.23. The van der Waals surface area contributed by atoms with Crippen LogP contribution < -0.4 is 9.64 Å². The van der Waals surface area contributed by atoms with E-state index in [-0.39, 0.29) is 12.5 Å². The van der Waals surface area contributed by atoms with Gasteiger partial charge >= 0.3 is 0 Å². The standard InChI is InChI=1S/C12H14ClNO3/c1-7(13)12(16)8-3-4-10-9(5-8)14(2)11(15)6-17-10/h3-5,7,12,16H,6H2,1-2H3. The summed E-state index contributed by atoms with van der Waals surface area (Å²) in [7, 11) is 1.68. The molecule has 0 saturated carbocycles. The maximum absolute atomic E-state index is 11.5. The number of aliphatic hydroxyl groups is 1. The second kappa shape index (κ2) is 4.55. The van der Waals surface area contributed by atoms with Gasteiger partial charge in [0, 0.05) is 7.05 Å². The minimum absolute atomic E-state index is 0.0529. The number of hydrogen-bond donors (Lipinski definition) is 1. The molecule has 1 N–H and O–H groups in total. The van der Waals surface area contributed by atoms with E-state index in [1.165, 1.54) is 4.90 Å². The average Bonchev–Trinajstić information content (AvgIpc) is 2.32. The summed E-state index contributed by atoms with van der Waals surface area (Å²) < 4.78 is 5.30. The first-order valence-corrected chi connectivity index (χ1v) is 5.80. The number of anilines is 1. The van der Waals surface area contributed by atoms with Crippen molar-refractivity contribution in [2.75, 3.05) is 18.6 Å². The fourth-order valence-corrected chi connectivity index (χ4v) is 1.88. The lowest BCUT2D eigenvalue weighted by molar-refractivity contribution is -0.120. The van der Waals surface area contributed by atoms with Gasteiger partial charge in [0.25, 0.3) is 5.91 Å². The molecule has 2 rings (SSSR count). The molecule has 1 aromatic rings. The van der Waals surface area contributed by atoms with Gasteiger partial charge in [-0.2, -0.15) is 0 Å². The number of amides is 1. The molecule has 17 heavy (non-hydrogen) atoms. The van der Waals surface area contributed by atoms with Gasteiger partial charge in [0.2, 0.25) is 0 Å². The van der Waals surface area contributed by atoms with Gasteiger partial charge in [0.1, 0.15) is 5.75 Å². The second-order valence-corrected chi connectivity index (χ2v) is 4.78. The van der Waals surface area contributed by atoms with Gasteiger partial charge < -0.3 is 14.7 Å². The first-order chi connectivity index (χ1) is 8.00. The van der Waals surface area contributed by atoms with Gasteiger partial charge in [-0.05, 0) is 24.6 Å². The van der Waals surface area contributed by atoms with Crippen molar-refractivity contribution >= 4 is 23.2 Å². The Morgan fingerprint density at radius 1 is 1.53 bits per heavy atom. The molecule has 2 atom stereocenters. The molecule has 0 aromatic heterocycles. The van der Waals surface area contributed by atoms with Gasteiger partial charge in [-0.15, -0.1) is 11.6 Å². The Morgan fingerprint density at radius 3 is 2.88 bits per heavy atom. The van der Waals surface area contributed by atoms with Crippen molar-refractivity contribution in [2.24, 2.45) is 0 Å². The summed E-state index contributed by atoms with van der Waals surface area (Å²) in [6.07, 6.45) is -0.757. The number of halogens is 1. The van der Waals surface area contributed by atoms with Crippen molar-refractivity contribution in [3.63, 3.8) is 0 Å². The summed E-state index contributed by atoms with van der Waals surface area (Å²) in [4.78, 5) is 13.0. The normalized spacial score (nSPS) is 18.4. The molecule has 1 heterocycles. The van der Waals surface area contributed by atoms with Crippen LogP contribution in [0.3, 0.4) is 0 Å². The topological polar surface area (TPSA) is 49.8 Å².